The third-order valence-corrected chi connectivity index (χ3v) is 2.54. The van der Waals surface area contributed by atoms with Gasteiger partial charge in [-0.3, -0.25) is 4.79 Å². The number of aryl methyl sites for hydroxylation is 1. The third kappa shape index (κ3) is 2.59. The molecule has 1 heterocycles. The second kappa shape index (κ2) is 4.98. The molecule has 0 radical (unpaired) electrons. The Hall–Kier alpha value is -1.29. The summed E-state index contributed by atoms with van der Waals surface area (Å²) in [6.45, 7) is 3.71. The molecule has 0 fully saturated rings. The molecule has 84 valence electrons. The lowest BCUT2D eigenvalue weighted by molar-refractivity contribution is -0.143. The number of aliphatic carboxylic acids is 1. The summed E-state index contributed by atoms with van der Waals surface area (Å²) in [5, 5.41) is 12.1. The van der Waals surface area contributed by atoms with Crippen molar-refractivity contribution in [3.8, 4) is 0 Å². The molecule has 1 aromatic heterocycles. The average Bonchev–Trinajstić information content (AvgIpc) is 2.60. The molecule has 2 N–H and O–H groups in total. The summed E-state index contributed by atoms with van der Waals surface area (Å²) >= 11 is 0. The minimum absolute atomic E-state index is 0.263. The van der Waals surface area contributed by atoms with Crippen LogP contribution in [0.1, 0.15) is 30.9 Å². The largest absolute Gasteiger partial charge is 0.481 e. The Labute approximate surface area is 89.3 Å². The molecular weight excluding hydrogens is 194 g/mol. The maximum atomic E-state index is 11.0. The Morgan fingerprint density at radius 3 is 2.60 bits per heavy atom. The van der Waals surface area contributed by atoms with E-state index in [0.29, 0.717) is 12.2 Å². The van der Waals surface area contributed by atoms with Crippen LogP contribution < -0.4 is 5.32 Å². The van der Waals surface area contributed by atoms with E-state index in [-0.39, 0.29) is 6.04 Å². The van der Waals surface area contributed by atoms with Crippen LogP contribution in [0.2, 0.25) is 0 Å². The molecule has 0 spiro atoms. The first-order valence-electron chi connectivity index (χ1n) is 5.06. The van der Waals surface area contributed by atoms with Gasteiger partial charge in [0.1, 0.15) is 11.5 Å². The summed E-state index contributed by atoms with van der Waals surface area (Å²) in [7, 11) is 1.74. The van der Waals surface area contributed by atoms with Gasteiger partial charge in [-0.15, -0.1) is 0 Å². The second-order valence-corrected chi connectivity index (χ2v) is 3.57. The van der Waals surface area contributed by atoms with Gasteiger partial charge in [-0.1, -0.05) is 6.92 Å². The van der Waals surface area contributed by atoms with Crippen molar-refractivity contribution >= 4 is 5.97 Å². The molecule has 0 aromatic carbocycles. The van der Waals surface area contributed by atoms with E-state index in [4.69, 9.17) is 9.52 Å². The summed E-state index contributed by atoms with van der Waals surface area (Å²) in [5.41, 5.74) is 0. The van der Waals surface area contributed by atoms with Crippen molar-refractivity contribution in [2.75, 3.05) is 7.05 Å². The lowest BCUT2D eigenvalue weighted by Gasteiger charge is -2.20. The average molecular weight is 211 g/mol. The predicted octanol–water partition coefficient (Wildman–Crippen LogP) is 1.96. The molecule has 2 unspecified atom stereocenters. The topological polar surface area (TPSA) is 62.5 Å². The van der Waals surface area contributed by atoms with Crippen LogP contribution in [-0.2, 0) is 4.79 Å². The zero-order chi connectivity index (χ0) is 11.4. The quantitative estimate of drug-likeness (QED) is 0.781. The van der Waals surface area contributed by atoms with E-state index in [1.165, 1.54) is 0 Å². The normalized spacial score (nSPS) is 14.9. The van der Waals surface area contributed by atoms with Gasteiger partial charge in [-0.25, -0.2) is 0 Å². The number of nitrogens with one attached hydrogen (secondary N) is 1. The fourth-order valence-electron chi connectivity index (χ4n) is 1.72. The first kappa shape index (κ1) is 11.8. The van der Waals surface area contributed by atoms with E-state index >= 15 is 0 Å². The van der Waals surface area contributed by atoms with Crippen molar-refractivity contribution in [3.05, 3.63) is 23.7 Å². The van der Waals surface area contributed by atoms with Crippen LogP contribution in [0.4, 0.5) is 0 Å². The minimum Gasteiger partial charge on any atom is -0.481 e. The lowest BCUT2D eigenvalue weighted by Crippen LogP contribution is -2.30. The molecule has 15 heavy (non-hydrogen) atoms. The first-order chi connectivity index (χ1) is 7.10. The van der Waals surface area contributed by atoms with Gasteiger partial charge in [0, 0.05) is 0 Å². The van der Waals surface area contributed by atoms with Crippen LogP contribution in [0.25, 0.3) is 0 Å². The van der Waals surface area contributed by atoms with Crippen molar-refractivity contribution in [2.24, 2.45) is 5.92 Å². The third-order valence-electron chi connectivity index (χ3n) is 2.54. The van der Waals surface area contributed by atoms with E-state index in [1.54, 1.807) is 7.05 Å². The predicted molar refractivity (Wildman–Crippen MR) is 56.7 cm³/mol. The zero-order valence-corrected chi connectivity index (χ0v) is 9.28. The Balaban J connectivity index is 2.91. The van der Waals surface area contributed by atoms with Gasteiger partial charge < -0.3 is 14.8 Å². The summed E-state index contributed by atoms with van der Waals surface area (Å²) < 4.78 is 5.44. The number of furan rings is 1. The second-order valence-electron chi connectivity index (χ2n) is 3.57. The highest BCUT2D eigenvalue weighted by molar-refractivity contribution is 5.71. The van der Waals surface area contributed by atoms with Gasteiger partial charge in [-0.05, 0) is 32.5 Å². The van der Waals surface area contributed by atoms with Crippen LogP contribution in [-0.4, -0.2) is 18.1 Å². The molecule has 0 bridgehead atoms. The van der Waals surface area contributed by atoms with Crippen LogP contribution in [0.5, 0.6) is 0 Å². The van der Waals surface area contributed by atoms with Crippen molar-refractivity contribution < 1.29 is 14.3 Å². The highest BCUT2D eigenvalue weighted by Gasteiger charge is 2.28. The number of hydrogen-bond acceptors (Lipinski definition) is 3. The summed E-state index contributed by atoms with van der Waals surface area (Å²) in [5.74, 6) is 0.223. The molecule has 0 aliphatic rings. The fourth-order valence-corrected chi connectivity index (χ4v) is 1.72. The smallest absolute Gasteiger partial charge is 0.308 e. The molecule has 1 aromatic rings. The first-order valence-corrected chi connectivity index (χ1v) is 5.06. The van der Waals surface area contributed by atoms with Crippen molar-refractivity contribution in [3.63, 3.8) is 0 Å². The van der Waals surface area contributed by atoms with E-state index in [0.717, 1.165) is 5.76 Å². The van der Waals surface area contributed by atoms with E-state index < -0.39 is 11.9 Å². The Kier molecular flexibility index (Phi) is 3.91. The fraction of sp³-hybridized carbons (Fsp3) is 0.545. The van der Waals surface area contributed by atoms with Crippen LogP contribution in [0.15, 0.2) is 16.5 Å². The standard InChI is InChI=1S/C11H17NO3/c1-4-8(11(13)14)10(12-3)9-6-5-7(2)15-9/h5-6,8,10,12H,4H2,1-3H3,(H,13,14). The Morgan fingerprint density at radius 2 is 2.27 bits per heavy atom. The molecular formula is C11H17NO3. The van der Waals surface area contributed by atoms with Gasteiger partial charge in [0.15, 0.2) is 0 Å². The lowest BCUT2D eigenvalue weighted by atomic mass is 9.95. The minimum atomic E-state index is -0.800. The summed E-state index contributed by atoms with van der Waals surface area (Å²) in [4.78, 5) is 11.0. The molecule has 0 aliphatic heterocycles. The zero-order valence-electron chi connectivity index (χ0n) is 9.28. The number of rotatable bonds is 5. The van der Waals surface area contributed by atoms with Crippen LogP contribution in [0.3, 0.4) is 0 Å². The summed E-state index contributed by atoms with van der Waals surface area (Å²) in [6.07, 6.45) is 0.570. The van der Waals surface area contributed by atoms with Crippen molar-refractivity contribution in [1.82, 2.24) is 5.32 Å². The Morgan fingerprint density at radius 1 is 1.60 bits per heavy atom. The maximum absolute atomic E-state index is 11.0. The van der Waals surface area contributed by atoms with E-state index in [2.05, 4.69) is 5.32 Å². The van der Waals surface area contributed by atoms with Crippen molar-refractivity contribution in [1.29, 1.82) is 0 Å². The maximum Gasteiger partial charge on any atom is 0.308 e. The van der Waals surface area contributed by atoms with Gasteiger partial charge >= 0.3 is 5.97 Å². The highest BCUT2D eigenvalue weighted by Crippen LogP contribution is 2.26. The van der Waals surface area contributed by atoms with Gasteiger partial charge in [0.2, 0.25) is 0 Å². The Bertz CT molecular complexity index is 332. The molecule has 0 amide bonds. The number of carbonyl (C=O) groups is 1. The highest BCUT2D eigenvalue weighted by atomic mass is 16.4. The van der Waals surface area contributed by atoms with Crippen molar-refractivity contribution in [2.45, 2.75) is 26.3 Å². The molecule has 0 saturated carbocycles. The molecule has 4 heteroatoms. The molecule has 4 nitrogen and oxygen atoms in total. The van der Waals surface area contributed by atoms with Crippen LogP contribution >= 0.6 is 0 Å². The van der Waals surface area contributed by atoms with Gasteiger partial charge in [0.05, 0.1) is 12.0 Å². The monoisotopic (exact) mass is 211 g/mol. The van der Waals surface area contributed by atoms with E-state index in [1.807, 2.05) is 26.0 Å². The number of carboxylic acid groups (broad SMARTS) is 1. The molecule has 1 rings (SSSR count). The van der Waals surface area contributed by atoms with E-state index in [9.17, 15) is 4.79 Å². The van der Waals surface area contributed by atoms with Crippen LogP contribution in [0, 0.1) is 12.8 Å². The SMILES string of the molecule is CCC(C(=O)O)C(NC)c1ccc(C)o1. The van der Waals surface area contributed by atoms with Gasteiger partial charge in [0.25, 0.3) is 0 Å². The molecule has 0 saturated heterocycles. The number of carboxylic acids is 1. The van der Waals surface area contributed by atoms with Gasteiger partial charge in [-0.2, -0.15) is 0 Å². The molecule has 0 aliphatic carbocycles. The number of hydrogen-bond donors (Lipinski definition) is 2. The molecule has 2 atom stereocenters. The summed E-state index contributed by atoms with van der Waals surface area (Å²) in [6, 6.07) is 3.40.